The summed E-state index contributed by atoms with van der Waals surface area (Å²) in [5.41, 5.74) is 1.79. The molecule has 1 heterocycles. The molecule has 1 aliphatic carbocycles. The van der Waals surface area contributed by atoms with Gasteiger partial charge in [-0.15, -0.1) is 0 Å². The van der Waals surface area contributed by atoms with Crippen molar-refractivity contribution in [2.45, 2.75) is 51.7 Å². The van der Waals surface area contributed by atoms with Gasteiger partial charge in [-0.3, -0.25) is 9.79 Å². The van der Waals surface area contributed by atoms with Crippen LogP contribution in [0.4, 0.5) is 0 Å². The van der Waals surface area contributed by atoms with Gasteiger partial charge in [-0.1, -0.05) is 32.4 Å². The zero-order valence-corrected chi connectivity index (χ0v) is 14.3. The van der Waals surface area contributed by atoms with Crippen LogP contribution in [0.15, 0.2) is 41.3 Å². The van der Waals surface area contributed by atoms with Crippen molar-refractivity contribution in [3.05, 3.63) is 36.3 Å². The van der Waals surface area contributed by atoms with Crippen molar-refractivity contribution in [2.24, 2.45) is 10.9 Å². The number of ketones is 1. The molecule has 2 rings (SSSR count). The molecule has 0 amide bonds. The lowest BCUT2D eigenvalue weighted by Crippen LogP contribution is -2.32. The van der Waals surface area contributed by atoms with Crippen molar-refractivity contribution < 1.29 is 9.22 Å². The van der Waals surface area contributed by atoms with Crippen molar-refractivity contribution in [2.75, 3.05) is 0 Å². The number of Topliss-reactive ketones (excluding diaryl/α,β-unsaturated/α-hetero) is 1. The second kappa shape index (κ2) is 6.56. The Morgan fingerprint density at radius 3 is 2.90 bits per heavy atom. The van der Waals surface area contributed by atoms with Gasteiger partial charge in [0.15, 0.2) is 0 Å². The molecular formula is C17H25NO2Si. The quantitative estimate of drug-likeness (QED) is 0.682. The maximum absolute atomic E-state index is 12.6. The van der Waals surface area contributed by atoms with Crippen LogP contribution in [0.3, 0.4) is 0 Å². The van der Waals surface area contributed by atoms with Gasteiger partial charge in [0, 0.05) is 6.20 Å². The van der Waals surface area contributed by atoms with E-state index in [1.54, 1.807) is 6.20 Å². The summed E-state index contributed by atoms with van der Waals surface area (Å²) < 4.78 is 6.12. The van der Waals surface area contributed by atoms with Crippen LogP contribution < -0.4 is 0 Å². The molecule has 114 valence electrons. The molecular weight excluding hydrogens is 278 g/mol. The molecule has 0 spiro atoms. The van der Waals surface area contributed by atoms with Crippen molar-refractivity contribution in [1.82, 2.24) is 0 Å². The fraction of sp³-hybridized carbons (Fsp3) is 0.529. The van der Waals surface area contributed by atoms with E-state index in [0.29, 0.717) is 12.2 Å². The highest BCUT2D eigenvalue weighted by Gasteiger charge is 2.36. The lowest BCUT2D eigenvalue weighted by molar-refractivity contribution is -0.118. The zero-order valence-electron chi connectivity index (χ0n) is 13.3. The van der Waals surface area contributed by atoms with Crippen LogP contribution in [-0.4, -0.2) is 19.8 Å². The number of carbonyl (C=O) groups is 1. The molecule has 1 aliphatic heterocycles. The Labute approximate surface area is 128 Å². The second-order valence-corrected chi connectivity index (χ2v) is 10.6. The number of carbonyl (C=O) groups excluding carboxylic acids is 1. The van der Waals surface area contributed by atoms with Crippen molar-refractivity contribution in [3.8, 4) is 0 Å². The summed E-state index contributed by atoms with van der Waals surface area (Å²) >= 11 is 0. The summed E-state index contributed by atoms with van der Waals surface area (Å²) in [5, 5.41) is 0. The number of aliphatic imine (C=N–C) groups is 1. The van der Waals surface area contributed by atoms with Crippen LogP contribution in [0.1, 0.15) is 32.6 Å². The number of rotatable bonds is 6. The van der Waals surface area contributed by atoms with Crippen LogP contribution >= 0.6 is 0 Å². The predicted octanol–water partition coefficient (Wildman–Crippen LogP) is 4.40. The largest absolute Gasteiger partial charge is 0.542 e. The van der Waals surface area contributed by atoms with E-state index < -0.39 is 8.32 Å². The van der Waals surface area contributed by atoms with Gasteiger partial charge >= 0.3 is 0 Å². The highest BCUT2D eigenvalue weighted by Crippen LogP contribution is 2.31. The summed E-state index contributed by atoms with van der Waals surface area (Å²) in [6.07, 6.45) is 9.50. The van der Waals surface area contributed by atoms with Crippen LogP contribution in [-0.2, 0) is 9.22 Å². The maximum atomic E-state index is 12.6. The Hall–Kier alpha value is -1.42. The molecule has 0 bridgehead atoms. The fourth-order valence-corrected chi connectivity index (χ4v) is 4.83. The van der Waals surface area contributed by atoms with Crippen LogP contribution in [0, 0.1) is 5.92 Å². The summed E-state index contributed by atoms with van der Waals surface area (Å²) in [5.74, 6) is 0.466. The van der Waals surface area contributed by atoms with Gasteiger partial charge in [-0.25, -0.2) is 0 Å². The third kappa shape index (κ3) is 3.82. The van der Waals surface area contributed by atoms with E-state index in [1.165, 1.54) is 12.8 Å². The molecule has 1 unspecified atom stereocenters. The highest BCUT2D eigenvalue weighted by molar-refractivity contribution is 6.71. The van der Waals surface area contributed by atoms with Crippen molar-refractivity contribution >= 4 is 19.8 Å². The van der Waals surface area contributed by atoms with E-state index in [4.69, 9.17) is 4.43 Å². The molecule has 0 N–H and O–H groups in total. The van der Waals surface area contributed by atoms with E-state index in [-0.39, 0.29) is 11.7 Å². The SMILES string of the molecule is C=C1CC=CN=C1C1CC=C(O[Si](C)(C)CCCC)C1=O. The third-order valence-electron chi connectivity index (χ3n) is 3.99. The normalized spacial score (nSPS) is 22.3. The van der Waals surface area contributed by atoms with E-state index in [2.05, 4.69) is 31.6 Å². The maximum Gasteiger partial charge on any atom is 0.245 e. The minimum absolute atomic E-state index is 0.0854. The molecule has 2 aliphatic rings. The lowest BCUT2D eigenvalue weighted by atomic mass is 9.91. The first-order valence-corrected chi connectivity index (χ1v) is 10.9. The molecule has 0 saturated heterocycles. The second-order valence-electron chi connectivity index (χ2n) is 6.39. The summed E-state index contributed by atoms with van der Waals surface area (Å²) in [4.78, 5) is 16.9. The number of hydrogen-bond donors (Lipinski definition) is 0. The van der Waals surface area contributed by atoms with Crippen LogP contribution in [0.2, 0.25) is 19.1 Å². The van der Waals surface area contributed by atoms with Crippen molar-refractivity contribution in [3.63, 3.8) is 0 Å². The topological polar surface area (TPSA) is 38.7 Å². The Bertz CT molecular complexity index is 529. The standard InChI is InChI=1S/C17H25NO2Si/c1-5-6-12-21(3,4)20-15-10-9-14(17(15)19)16-13(2)8-7-11-18-16/h7,10-11,14H,2,5-6,8-9,12H2,1,3-4H3. The molecule has 3 nitrogen and oxygen atoms in total. The van der Waals surface area contributed by atoms with E-state index in [1.807, 2.05) is 12.2 Å². The molecule has 0 aromatic heterocycles. The average molecular weight is 303 g/mol. The summed E-state index contributed by atoms with van der Waals surface area (Å²) in [6.45, 7) is 10.6. The third-order valence-corrected chi connectivity index (χ3v) is 6.32. The monoisotopic (exact) mass is 303 g/mol. The Morgan fingerprint density at radius 2 is 2.24 bits per heavy atom. The minimum Gasteiger partial charge on any atom is -0.542 e. The first-order chi connectivity index (χ1) is 9.94. The molecule has 0 aromatic rings. The van der Waals surface area contributed by atoms with Gasteiger partial charge in [0.05, 0.1) is 11.6 Å². The molecule has 0 radical (unpaired) electrons. The molecule has 0 fully saturated rings. The number of allylic oxidation sites excluding steroid dienone is 4. The van der Waals surface area contributed by atoms with Gasteiger partial charge in [0.2, 0.25) is 14.1 Å². The van der Waals surface area contributed by atoms with Gasteiger partial charge in [-0.2, -0.15) is 0 Å². The highest BCUT2D eigenvalue weighted by atomic mass is 28.4. The molecule has 0 saturated carbocycles. The van der Waals surface area contributed by atoms with Gasteiger partial charge in [0.1, 0.15) is 5.76 Å². The van der Waals surface area contributed by atoms with Crippen LogP contribution in [0.25, 0.3) is 0 Å². The van der Waals surface area contributed by atoms with E-state index >= 15 is 0 Å². The molecule has 0 aromatic carbocycles. The number of nitrogens with zero attached hydrogens (tertiary/aromatic N) is 1. The average Bonchev–Trinajstić information content (AvgIpc) is 2.78. The van der Waals surface area contributed by atoms with E-state index in [0.717, 1.165) is 23.7 Å². The molecule has 21 heavy (non-hydrogen) atoms. The minimum atomic E-state index is -1.79. The first-order valence-electron chi connectivity index (χ1n) is 7.79. The van der Waals surface area contributed by atoms with Gasteiger partial charge in [0.25, 0.3) is 0 Å². The number of hydrogen-bond acceptors (Lipinski definition) is 3. The summed E-state index contributed by atoms with van der Waals surface area (Å²) in [6, 6.07) is 1.09. The first kappa shape index (κ1) is 16.0. The van der Waals surface area contributed by atoms with Gasteiger partial charge in [-0.05, 0) is 43.6 Å². The Morgan fingerprint density at radius 1 is 1.48 bits per heavy atom. The van der Waals surface area contributed by atoms with Crippen molar-refractivity contribution in [1.29, 1.82) is 0 Å². The zero-order chi connectivity index (χ0) is 15.5. The lowest BCUT2D eigenvalue weighted by Gasteiger charge is -2.25. The van der Waals surface area contributed by atoms with Gasteiger partial charge < -0.3 is 4.43 Å². The predicted molar refractivity (Wildman–Crippen MR) is 89.8 cm³/mol. The summed E-state index contributed by atoms with van der Waals surface area (Å²) in [7, 11) is -1.79. The molecule has 1 atom stereocenters. The fourth-order valence-electron chi connectivity index (χ4n) is 2.74. The smallest absolute Gasteiger partial charge is 0.245 e. The Balaban J connectivity index is 2.03. The Kier molecular flexibility index (Phi) is 4.98. The van der Waals surface area contributed by atoms with Crippen LogP contribution in [0.5, 0.6) is 0 Å². The molecule has 4 heteroatoms. The number of unbranched alkanes of at least 4 members (excludes halogenated alkanes) is 1. The van der Waals surface area contributed by atoms with E-state index in [9.17, 15) is 4.79 Å².